The van der Waals surface area contributed by atoms with Crippen molar-refractivity contribution in [2.75, 3.05) is 45.9 Å². The van der Waals surface area contributed by atoms with E-state index in [4.69, 9.17) is 12.6 Å². The Morgan fingerprint density at radius 2 is 2.06 bits per heavy atom. The van der Waals surface area contributed by atoms with Crippen LogP contribution in [0.25, 0.3) is 6.08 Å². The molecule has 0 spiro atoms. The molecule has 10 heteroatoms. The van der Waals surface area contributed by atoms with Gasteiger partial charge >= 0.3 is 0 Å². The molecular formula is C24H28BFN4O4. The van der Waals surface area contributed by atoms with Crippen LogP contribution in [0.15, 0.2) is 46.2 Å². The first-order chi connectivity index (χ1) is 16.3. The first kappa shape index (κ1) is 24.2. The van der Waals surface area contributed by atoms with Crippen molar-refractivity contribution in [3.05, 3.63) is 52.6 Å². The smallest absolute Gasteiger partial charge is 0.256 e. The summed E-state index contributed by atoms with van der Waals surface area (Å²) in [7, 11) is 5.65. The van der Waals surface area contributed by atoms with Crippen LogP contribution in [-0.4, -0.2) is 96.5 Å². The molecular weight excluding hydrogens is 438 g/mol. The topological polar surface area (TPSA) is 101 Å². The lowest BCUT2D eigenvalue weighted by Gasteiger charge is -2.33. The minimum atomic E-state index is -0.654. The van der Waals surface area contributed by atoms with Gasteiger partial charge in [0, 0.05) is 44.7 Å². The number of aliphatic hydroxyl groups is 1. The van der Waals surface area contributed by atoms with Crippen molar-refractivity contribution >= 4 is 31.0 Å². The van der Waals surface area contributed by atoms with Crippen LogP contribution in [-0.2, 0) is 9.53 Å². The van der Waals surface area contributed by atoms with Gasteiger partial charge in [0.25, 0.3) is 5.91 Å². The number of nitrogens with zero attached hydrogens (tertiary/aromatic N) is 3. The van der Waals surface area contributed by atoms with Crippen LogP contribution < -0.4 is 5.46 Å². The number of halogens is 1. The second-order valence-electron chi connectivity index (χ2n) is 8.61. The van der Waals surface area contributed by atoms with Crippen LogP contribution in [0, 0.1) is 5.82 Å². The van der Waals surface area contributed by atoms with E-state index in [0.717, 1.165) is 19.2 Å². The molecule has 3 aliphatic rings. The highest BCUT2D eigenvalue weighted by molar-refractivity contribution is 6.32. The minimum absolute atomic E-state index is 0.120. The van der Waals surface area contributed by atoms with Crippen LogP contribution in [0.1, 0.15) is 18.9 Å². The highest BCUT2D eigenvalue weighted by Crippen LogP contribution is 2.32. The van der Waals surface area contributed by atoms with Gasteiger partial charge in [-0.3, -0.25) is 14.7 Å². The average Bonchev–Trinajstić information content (AvgIpc) is 3.14. The Kier molecular flexibility index (Phi) is 7.50. The number of carbonyl (C=O) groups excluding carboxylic acids is 1. The Bertz CT molecular complexity index is 1110. The molecule has 8 nitrogen and oxygen atoms in total. The van der Waals surface area contributed by atoms with Crippen LogP contribution in [0.5, 0.6) is 5.88 Å². The third-order valence-electron chi connectivity index (χ3n) is 6.09. The van der Waals surface area contributed by atoms with E-state index in [1.165, 1.54) is 18.3 Å². The number of fused-ring (bicyclic) bond motifs is 1. The summed E-state index contributed by atoms with van der Waals surface area (Å²) in [4.78, 5) is 24.3. The van der Waals surface area contributed by atoms with Gasteiger partial charge < -0.3 is 24.8 Å². The number of aliphatic hydroxyl groups excluding tert-OH is 1. The van der Waals surface area contributed by atoms with Gasteiger partial charge in [-0.05, 0) is 43.0 Å². The molecule has 178 valence electrons. The number of aliphatic imine (C=N–C) groups is 1. The number of aromatic amines is 1. The second kappa shape index (κ2) is 10.5. The molecule has 1 aromatic heterocycles. The van der Waals surface area contributed by atoms with Crippen LogP contribution in [0.2, 0.25) is 0 Å². The van der Waals surface area contributed by atoms with E-state index < -0.39 is 11.9 Å². The van der Waals surface area contributed by atoms with E-state index in [0.29, 0.717) is 55.3 Å². The van der Waals surface area contributed by atoms with Gasteiger partial charge in [0.2, 0.25) is 0 Å². The van der Waals surface area contributed by atoms with Crippen LogP contribution in [0.4, 0.5) is 4.39 Å². The van der Waals surface area contributed by atoms with Gasteiger partial charge in [-0.25, -0.2) is 4.39 Å². The first-order valence-corrected chi connectivity index (χ1v) is 11.3. The summed E-state index contributed by atoms with van der Waals surface area (Å²) in [6.07, 6.45) is 2.80. The number of hydrogen-bond donors (Lipinski definition) is 3. The maximum absolute atomic E-state index is 13.9. The van der Waals surface area contributed by atoms with Gasteiger partial charge in [0.05, 0.1) is 36.3 Å². The monoisotopic (exact) mass is 466 g/mol. The zero-order valence-corrected chi connectivity index (χ0v) is 19.1. The second-order valence-corrected chi connectivity index (χ2v) is 8.61. The first-order valence-electron chi connectivity index (χ1n) is 11.3. The van der Waals surface area contributed by atoms with Gasteiger partial charge in [-0.1, -0.05) is 5.46 Å². The molecule has 1 atom stereocenters. The van der Waals surface area contributed by atoms with Crippen molar-refractivity contribution < 1.29 is 24.1 Å². The molecule has 2 saturated heterocycles. The van der Waals surface area contributed by atoms with E-state index >= 15 is 0 Å². The highest BCUT2D eigenvalue weighted by Gasteiger charge is 2.35. The van der Waals surface area contributed by atoms with Crippen molar-refractivity contribution in [1.29, 1.82) is 0 Å². The maximum atomic E-state index is 13.9. The Hall–Kier alpha value is -2.95. The number of rotatable bonds is 5. The van der Waals surface area contributed by atoms with E-state index in [1.54, 1.807) is 17.9 Å². The lowest BCUT2D eigenvalue weighted by Crippen LogP contribution is -2.48. The molecule has 34 heavy (non-hydrogen) atoms. The van der Waals surface area contributed by atoms with Gasteiger partial charge in [-0.2, -0.15) is 0 Å². The fraction of sp³-hybridized carbons (Fsp3) is 0.417. The van der Waals surface area contributed by atoms with Gasteiger partial charge in [0.1, 0.15) is 13.7 Å². The molecule has 0 aliphatic carbocycles. The Balaban J connectivity index is 1.55. The number of piperidine rings is 1. The molecule has 0 unspecified atom stereocenters. The van der Waals surface area contributed by atoms with Crippen molar-refractivity contribution in [1.82, 2.24) is 14.8 Å². The Labute approximate surface area is 199 Å². The summed E-state index contributed by atoms with van der Waals surface area (Å²) in [5.74, 6) is -0.955. The van der Waals surface area contributed by atoms with Crippen molar-refractivity contribution in [2.24, 2.45) is 4.99 Å². The summed E-state index contributed by atoms with van der Waals surface area (Å²) < 4.78 is 19.3. The summed E-state index contributed by atoms with van der Waals surface area (Å²) >= 11 is 0. The summed E-state index contributed by atoms with van der Waals surface area (Å²) in [5, 5.41) is 20.9. The fourth-order valence-corrected chi connectivity index (χ4v) is 4.30. The molecule has 4 rings (SSSR count). The molecule has 1 amide bonds. The molecule has 4 heterocycles. The molecule has 0 aromatic carbocycles. The van der Waals surface area contributed by atoms with E-state index in [9.17, 15) is 19.4 Å². The molecule has 3 N–H and O–H groups in total. The van der Waals surface area contributed by atoms with Gasteiger partial charge in [-0.15, -0.1) is 0 Å². The lowest BCUT2D eigenvalue weighted by atomic mass is 9.97. The predicted octanol–water partition coefficient (Wildman–Crippen LogP) is 0.815. The van der Waals surface area contributed by atoms with Crippen molar-refractivity contribution in [2.45, 2.75) is 19.4 Å². The highest BCUT2D eigenvalue weighted by atomic mass is 19.1. The number of likely N-dealkylation sites (tertiary alicyclic amines) is 1. The summed E-state index contributed by atoms with van der Waals surface area (Å²) in [5.41, 5.74) is 2.80. The van der Waals surface area contributed by atoms with Gasteiger partial charge in [0.15, 0.2) is 5.88 Å². The van der Waals surface area contributed by atoms with Crippen LogP contribution >= 0.6 is 0 Å². The zero-order valence-electron chi connectivity index (χ0n) is 19.1. The Morgan fingerprint density at radius 1 is 1.29 bits per heavy atom. The standard InChI is InChI=1S/C24H28BFN4O4/c1-15-21(10-16-2-3-18(26)11-17(25)12-27-23(16)32)28-20-4-5-30(24(33)22(15)20)14-19(31)13-29-6-8-34-9-7-29/h2-3,10-12,19,27,31-32H,4-9,13-14H2,1H3/t19-/m0/s1. The number of hydrogen-bond acceptors (Lipinski definition) is 6. The largest absolute Gasteiger partial charge is 0.494 e. The number of allylic oxidation sites excluding steroid dienone is 1. The zero-order chi connectivity index (χ0) is 24.2. The SMILES string of the molecule is [B]c1c[nH]c(O)c(C=C2N=C3CCN(C[C@@H](O)CN4CCOCC4)C(=O)C3=C2C)ccc(F)c1. The average molecular weight is 466 g/mol. The number of aromatic hydroxyl groups is 1. The fourth-order valence-electron chi connectivity index (χ4n) is 4.30. The van der Waals surface area contributed by atoms with Crippen LogP contribution in [0.3, 0.4) is 0 Å². The third kappa shape index (κ3) is 5.57. The molecule has 1 aromatic rings. The quantitative estimate of drug-likeness (QED) is 0.558. The summed E-state index contributed by atoms with van der Waals surface area (Å²) in [6.45, 7) is 5.86. The number of aromatic nitrogens is 1. The number of carbonyl (C=O) groups is 1. The van der Waals surface area contributed by atoms with Crippen molar-refractivity contribution in [3.8, 4) is 5.88 Å². The molecule has 2 fully saturated rings. The molecule has 0 saturated carbocycles. The van der Waals surface area contributed by atoms with E-state index in [1.807, 2.05) is 0 Å². The Morgan fingerprint density at radius 3 is 2.82 bits per heavy atom. The number of ether oxygens (including phenoxy) is 1. The predicted molar refractivity (Wildman–Crippen MR) is 128 cm³/mol. The maximum Gasteiger partial charge on any atom is 0.256 e. The number of amides is 1. The molecule has 0 bridgehead atoms. The molecule has 3 aliphatic heterocycles. The minimum Gasteiger partial charge on any atom is -0.494 e. The van der Waals surface area contributed by atoms with Crippen molar-refractivity contribution in [3.63, 3.8) is 0 Å². The number of morpholine rings is 1. The normalized spacial score (nSPS) is 20.9. The number of β-amino-alcohol motifs (C(OH)–C–C–N with tert-alkyl or cyclic N) is 1. The number of H-pyrrole nitrogens is 1. The summed E-state index contributed by atoms with van der Waals surface area (Å²) in [6, 6.07) is 3.73. The molecule has 2 radical (unpaired) electrons. The van der Waals surface area contributed by atoms with E-state index in [-0.39, 0.29) is 29.4 Å². The lowest BCUT2D eigenvalue weighted by molar-refractivity contribution is -0.128. The number of nitrogens with one attached hydrogen (secondary N) is 1. The van der Waals surface area contributed by atoms with E-state index in [2.05, 4.69) is 14.9 Å². The third-order valence-corrected chi connectivity index (χ3v) is 6.09.